The maximum atomic E-state index is 12.8. The first-order chi connectivity index (χ1) is 10.5. The number of anilines is 1. The molecule has 5 rings (SSSR count). The lowest BCUT2D eigenvalue weighted by Crippen LogP contribution is -2.54. The number of nitrogens with zero attached hydrogens (tertiary/aromatic N) is 2. The minimum absolute atomic E-state index is 0.138. The molecule has 0 aliphatic heterocycles. The maximum absolute atomic E-state index is 12.8. The average molecular weight is 300 g/mol. The van der Waals surface area contributed by atoms with E-state index in [0.29, 0.717) is 5.95 Å². The lowest BCUT2D eigenvalue weighted by Gasteiger charge is -2.55. The number of carbonyl (C=O) groups is 1. The Hall–Kier alpha value is -1.65. The van der Waals surface area contributed by atoms with Crippen LogP contribution in [0.2, 0.25) is 0 Å². The Morgan fingerprint density at radius 3 is 2.05 bits per heavy atom. The van der Waals surface area contributed by atoms with E-state index in [1.54, 1.807) is 0 Å². The summed E-state index contributed by atoms with van der Waals surface area (Å²) in [6.45, 7) is 3.86. The van der Waals surface area contributed by atoms with Crippen LogP contribution in [0.15, 0.2) is 6.07 Å². The van der Waals surface area contributed by atoms with Gasteiger partial charge in [-0.2, -0.15) is 0 Å². The topological polar surface area (TPSA) is 66.9 Å². The predicted molar refractivity (Wildman–Crippen MR) is 83.9 cm³/mol. The second-order valence-electron chi connectivity index (χ2n) is 7.75. The van der Waals surface area contributed by atoms with Crippen molar-refractivity contribution in [3.05, 3.63) is 17.5 Å². The van der Waals surface area contributed by atoms with Crippen LogP contribution >= 0.6 is 0 Å². The highest BCUT2D eigenvalue weighted by Crippen LogP contribution is 2.60. The summed E-state index contributed by atoms with van der Waals surface area (Å²) in [4.78, 5) is 21.4. The van der Waals surface area contributed by atoms with Gasteiger partial charge in [0.1, 0.15) is 0 Å². The first-order valence-corrected chi connectivity index (χ1v) is 8.41. The molecule has 4 aliphatic rings. The normalized spacial score (nSPS) is 35.5. The van der Waals surface area contributed by atoms with Gasteiger partial charge in [0.05, 0.1) is 5.41 Å². The van der Waals surface area contributed by atoms with Gasteiger partial charge in [0.25, 0.3) is 0 Å². The molecule has 1 heterocycles. The van der Waals surface area contributed by atoms with Gasteiger partial charge in [-0.15, -0.1) is 0 Å². The highest BCUT2D eigenvalue weighted by Gasteiger charge is 2.54. The van der Waals surface area contributed by atoms with Crippen LogP contribution in [0.4, 0.5) is 5.95 Å². The Morgan fingerprint density at radius 2 is 1.55 bits per heavy atom. The van der Waals surface area contributed by atoms with Crippen LogP contribution < -0.4 is 10.9 Å². The first-order valence-electron chi connectivity index (χ1n) is 8.41. The number of carbonyl (C=O) groups excluding carboxylic acids is 1. The first kappa shape index (κ1) is 14.0. The molecule has 0 atom stereocenters. The molecule has 4 aliphatic carbocycles. The van der Waals surface area contributed by atoms with Crippen molar-refractivity contribution in [2.24, 2.45) is 23.2 Å². The maximum Gasteiger partial charge on any atom is 0.244 e. The summed E-state index contributed by atoms with van der Waals surface area (Å²) >= 11 is 0. The summed E-state index contributed by atoms with van der Waals surface area (Å²) in [7, 11) is 0. The smallest absolute Gasteiger partial charge is 0.244 e. The second-order valence-corrected chi connectivity index (χ2v) is 7.75. The van der Waals surface area contributed by atoms with E-state index in [4.69, 9.17) is 0 Å². The van der Waals surface area contributed by atoms with E-state index in [1.807, 2.05) is 19.9 Å². The van der Waals surface area contributed by atoms with Gasteiger partial charge in [0.2, 0.25) is 11.9 Å². The van der Waals surface area contributed by atoms with Crippen LogP contribution in [0.1, 0.15) is 49.9 Å². The van der Waals surface area contributed by atoms with Crippen molar-refractivity contribution in [2.45, 2.75) is 52.4 Å². The fourth-order valence-corrected chi connectivity index (χ4v) is 5.42. The fourth-order valence-electron chi connectivity index (χ4n) is 5.42. The van der Waals surface area contributed by atoms with Crippen molar-refractivity contribution in [2.75, 3.05) is 5.43 Å². The number of aryl methyl sites for hydroxylation is 2. The SMILES string of the molecule is Cc1cc(C)nc(NNC(=O)C23CC4CC(CC(C4)C2)C3)n1. The molecule has 0 saturated heterocycles. The van der Waals surface area contributed by atoms with E-state index < -0.39 is 0 Å². The van der Waals surface area contributed by atoms with Crippen molar-refractivity contribution in [1.29, 1.82) is 0 Å². The van der Waals surface area contributed by atoms with Crippen LogP contribution in [0.25, 0.3) is 0 Å². The Bertz CT molecular complexity index is 557. The van der Waals surface area contributed by atoms with E-state index in [-0.39, 0.29) is 11.3 Å². The second kappa shape index (κ2) is 4.93. The van der Waals surface area contributed by atoms with Gasteiger partial charge in [-0.3, -0.25) is 15.6 Å². The number of hydrogen-bond acceptors (Lipinski definition) is 4. The molecule has 4 bridgehead atoms. The number of hydrogen-bond donors (Lipinski definition) is 2. The van der Waals surface area contributed by atoms with Crippen molar-refractivity contribution >= 4 is 11.9 Å². The van der Waals surface area contributed by atoms with Crippen molar-refractivity contribution in [1.82, 2.24) is 15.4 Å². The van der Waals surface area contributed by atoms with Crippen molar-refractivity contribution < 1.29 is 4.79 Å². The zero-order chi connectivity index (χ0) is 15.3. The van der Waals surface area contributed by atoms with Gasteiger partial charge in [0.15, 0.2) is 0 Å². The molecule has 0 aromatic carbocycles. The number of amides is 1. The van der Waals surface area contributed by atoms with Crippen LogP contribution in [0, 0.1) is 37.0 Å². The third-order valence-corrected chi connectivity index (χ3v) is 5.79. The molecule has 5 nitrogen and oxygen atoms in total. The monoisotopic (exact) mass is 300 g/mol. The highest BCUT2D eigenvalue weighted by atomic mass is 16.2. The van der Waals surface area contributed by atoms with Gasteiger partial charge in [-0.1, -0.05) is 0 Å². The highest BCUT2D eigenvalue weighted by molar-refractivity contribution is 5.84. The molecule has 1 amide bonds. The molecule has 0 unspecified atom stereocenters. The molecular formula is C17H24N4O. The Morgan fingerprint density at radius 1 is 1.05 bits per heavy atom. The molecular weight excluding hydrogens is 276 g/mol. The summed E-state index contributed by atoms with van der Waals surface area (Å²) in [5.41, 5.74) is 7.49. The van der Waals surface area contributed by atoms with Gasteiger partial charge >= 0.3 is 0 Å². The molecule has 2 N–H and O–H groups in total. The predicted octanol–water partition coefficient (Wildman–Crippen LogP) is 2.75. The minimum Gasteiger partial charge on any atom is -0.273 e. The minimum atomic E-state index is -0.138. The van der Waals surface area contributed by atoms with E-state index >= 15 is 0 Å². The third-order valence-electron chi connectivity index (χ3n) is 5.79. The van der Waals surface area contributed by atoms with Gasteiger partial charge in [-0.05, 0) is 76.2 Å². The van der Waals surface area contributed by atoms with Crippen LogP contribution in [-0.2, 0) is 4.79 Å². The Labute approximate surface area is 131 Å². The molecule has 1 aromatic heterocycles. The summed E-state index contributed by atoms with van der Waals surface area (Å²) in [6.07, 6.45) is 7.25. The molecule has 0 radical (unpaired) electrons. The Balaban J connectivity index is 1.46. The largest absolute Gasteiger partial charge is 0.273 e. The van der Waals surface area contributed by atoms with E-state index in [1.165, 1.54) is 19.3 Å². The van der Waals surface area contributed by atoms with Gasteiger partial charge in [0, 0.05) is 11.4 Å². The molecule has 4 saturated carbocycles. The lowest BCUT2D eigenvalue weighted by atomic mass is 9.49. The van der Waals surface area contributed by atoms with Crippen molar-refractivity contribution in [3.8, 4) is 0 Å². The molecule has 1 aromatic rings. The summed E-state index contributed by atoms with van der Waals surface area (Å²) in [6, 6.07) is 1.92. The zero-order valence-electron chi connectivity index (χ0n) is 13.4. The van der Waals surface area contributed by atoms with Gasteiger partial charge in [-0.25, -0.2) is 9.97 Å². The molecule has 0 spiro atoms. The van der Waals surface area contributed by atoms with Gasteiger partial charge < -0.3 is 0 Å². The lowest BCUT2D eigenvalue weighted by molar-refractivity contribution is -0.145. The number of hydrazine groups is 1. The number of rotatable bonds is 3. The van der Waals surface area contributed by atoms with E-state index in [0.717, 1.165) is 48.4 Å². The van der Waals surface area contributed by atoms with E-state index in [9.17, 15) is 4.79 Å². The standard InChI is InChI=1S/C17H24N4O/c1-10-3-11(2)19-16(18-10)21-20-15(22)17-7-12-4-13(8-17)6-14(5-12)9-17/h3,12-14H,4-9H2,1-2H3,(H,20,22)(H,18,19,21). The molecule has 4 fully saturated rings. The Kier molecular flexibility index (Phi) is 3.13. The van der Waals surface area contributed by atoms with Crippen LogP contribution in [-0.4, -0.2) is 15.9 Å². The van der Waals surface area contributed by atoms with E-state index in [2.05, 4.69) is 20.8 Å². The summed E-state index contributed by atoms with van der Waals surface area (Å²) in [5.74, 6) is 2.95. The fraction of sp³-hybridized carbons (Fsp3) is 0.706. The average Bonchev–Trinajstić information content (AvgIpc) is 2.42. The number of aromatic nitrogens is 2. The van der Waals surface area contributed by atoms with Crippen LogP contribution in [0.5, 0.6) is 0 Å². The summed E-state index contributed by atoms with van der Waals surface area (Å²) in [5, 5.41) is 0. The summed E-state index contributed by atoms with van der Waals surface area (Å²) < 4.78 is 0. The molecule has 5 heteroatoms. The van der Waals surface area contributed by atoms with Crippen molar-refractivity contribution in [3.63, 3.8) is 0 Å². The van der Waals surface area contributed by atoms with Crippen LogP contribution in [0.3, 0.4) is 0 Å². The molecule has 118 valence electrons. The third kappa shape index (κ3) is 2.36. The zero-order valence-corrected chi connectivity index (χ0v) is 13.4. The number of nitrogens with one attached hydrogen (secondary N) is 2. The molecule has 22 heavy (non-hydrogen) atoms. The quantitative estimate of drug-likeness (QED) is 0.842.